The monoisotopic (exact) mass is 178 g/mol. The van der Waals surface area contributed by atoms with Crippen molar-refractivity contribution in [3.05, 3.63) is 0 Å². The van der Waals surface area contributed by atoms with Crippen LogP contribution in [0.1, 0.15) is 20.3 Å². The predicted molar refractivity (Wildman–Crippen MR) is 50.5 cm³/mol. The summed E-state index contributed by atoms with van der Waals surface area (Å²) in [6, 6.07) is 1.96. The number of nitrogens with zero attached hydrogens (tertiary/aromatic N) is 2. The Morgan fingerprint density at radius 2 is 2.23 bits per heavy atom. The highest BCUT2D eigenvalue weighted by Gasteiger charge is 2.20. The molecular formula is C10H14N2O. The predicted octanol–water partition coefficient (Wildman–Crippen LogP) is 1.02. The molecule has 0 fully saturated rings. The second kappa shape index (κ2) is 6.08. The van der Waals surface area contributed by atoms with Crippen molar-refractivity contribution in [2.45, 2.75) is 20.3 Å². The Morgan fingerprint density at radius 1 is 1.62 bits per heavy atom. The number of amides is 1. The van der Waals surface area contributed by atoms with Crippen LogP contribution < -0.4 is 0 Å². The van der Waals surface area contributed by atoms with Crippen molar-refractivity contribution in [2.24, 2.45) is 5.92 Å². The van der Waals surface area contributed by atoms with E-state index in [0.29, 0.717) is 13.0 Å². The average Bonchev–Trinajstić information content (AvgIpc) is 2.15. The highest BCUT2D eigenvalue weighted by molar-refractivity contribution is 5.81. The molecule has 0 heterocycles. The van der Waals surface area contributed by atoms with E-state index in [-0.39, 0.29) is 12.5 Å². The molecule has 0 aliphatic heterocycles. The van der Waals surface area contributed by atoms with Crippen LogP contribution in [0.3, 0.4) is 0 Å². The van der Waals surface area contributed by atoms with Crippen molar-refractivity contribution in [3.8, 4) is 18.4 Å². The van der Waals surface area contributed by atoms with Crippen molar-refractivity contribution in [3.63, 3.8) is 0 Å². The summed E-state index contributed by atoms with van der Waals surface area (Å²) in [5.41, 5.74) is 0. The van der Waals surface area contributed by atoms with Crippen LogP contribution in [-0.2, 0) is 4.79 Å². The quantitative estimate of drug-likeness (QED) is 0.603. The third-order valence-electron chi connectivity index (χ3n) is 1.84. The van der Waals surface area contributed by atoms with Crippen LogP contribution >= 0.6 is 0 Å². The van der Waals surface area contributed by atoms with Crippen LogP contribution in [0, 0.1) is 29.6 Å². The zero-order valence-corrected chi connectivity index (χ0v) is 8.08. The number of nitriles is 1. The van der Waals surface area contributed by atoms with Crippen molar-refractivity contribution in [1.82, 2.24) is 4.90 Å². The van der Waals surface area contributed by atoms with E-state index >= 15 is 0 Å². The number of carbonyl (C=O) groups excluding carboxylic acids is 1. The largest absolute Gasteiger partial charge is 0.331 e. The fourth-order valence-corrected chi connectivity index (χ4v) is 0.997. The van der Waals surface area contributed by atoms with E-state index in [0.717, 1.165) is 0 Å². The van der Waals surface area contributed by atoms with Crippen molar-refractivity contribution < 1.29 is 4.79 Å². The summed E-state index contributed by atoms with van der Waals surface area (Å²) in [4.78, 5) is 13.0. The van der Waals surface area contributed by atoms with Gasteiger partial charge in [0.05, 0.1) is 12.6 Å². The lowest BCUT2D eigenvalue weighted by Crippen LogP contribution is -2.35. The SMILES string of the molecule is C#CCN(CC)C(=O)C(C#N)CC. The van der Waals surface area contributed by atoms with Crippen molar-refractivity contribution in [2.75, 3.05) is 13.1 Å². The minimum absolute atomic E-state index is 0.162. The average molecular weight is 178 g/mol. The second-order valence-electron chi connectivity index (χ2n) is 2.65. The zero-order valence-electron chi connectivity index (χ0n) is 8.08. The van der Waals surface area contributed by atoms with Gasteiger partial charge in [-0.15, -0.1) is 6.42 Å². The Bertz CT molecular complexity index is 247. The first-order valence-corrected chi connectivity index (χ1v) is 4.33. The third-order valence-corrected chi connectivity index (χ3v) is 1.84. The van der Waals surface area contributed by atoms with E-state index < -0.39 is 5.92 Å². The van der Waals surface area contributed by atoms with E-state index in [1.165, 1.54) is 4.90 Å². The van der Waals surface area contributed by atoms with E-state index in [1.807, 2.05) is 19.9 Å². The Balaban J connectivity index is 4.38. The molecule has 3 nitrogen and oxygen atoms in total. The van der Waals surface area contributed by atoms with Gasteiger partial charge in [-0.3, -0.25) is 4.79 Å². The minimum Gasteiger partial charge on any atom is -0.331 e. The normalized spacial score (nSPS) is 11.1. The molecule has 0 aromatic heterocycles. The molecule has 1 amide bonds. The lowest BCUT2D eigenvalue weighted by atomic mass is 10.1. The fraction of sp³-hybridized carbons (Fsp3) is 0.600. The summed E-state index contributed by atoms with van der Waals surface area (Å²) in [6.45, 7) is 4.50. The van der Waals surface area contributed by atoms with Gasteiger partial charge in [0.25, 0.3) is 0 Å². The molecule has 0 saturated carbocycles. The zero-order chi connectivity index (χ0) is 10.3. The Hall–Kier alpha value is -1.48. The van der Waals surface area contributed by atoms with Crippen LogP contribution in [0.15, 0.2) is 0 Å². The molecule has 70 valence electrons. The first kappa shape index (κ1) is 11.5. The summed E-state index contributed by atoms with van der Waals surface area (Å²) in [5.74, 6) is 1.69. The van der Waals surface area contributed by atoms with Gasteiger partial charge in [-0.25, -0.2) is 0 Å². The number of terminal acetylenes is 1. The maximum atomic E-state index is 11.5. The van der Waals surface area contributed by atoms with Gasteiger partial charge < -0.3 is 4.90 Å². The van der Waals surface area contributed by atoms with Crippen molar-refractivity contribution in [1.29, 1.82) is 5.26 Å². The minimum atomic E-state index is -0.548. The van der Waals surface area contributed by atoms with E-state index in [9.17, 15) is 4.79 Å². The molecule has 3 heteroatoms. The summed E-state index contributed by atoms with van der Waals surface area (Å²) in [6.07, 6.45) is 5.64. The molecule has 0 N–H and O–H groups in total. The van der Waals surface area contributed by atoms with Gasteiger partial charge in [-0.05, 0) is 13.3 Å². The number of carbonyl (C=O) groups is 1. The van der Waals surface area contributed by atoms with Crippen molar-refractivity contribution >= 4 is 5.91 Å². The molecule has 0 spiro atoms. The van der Waals surface area contributed by atoms with E-state index in [1.54, 1.807) is 0 Å². The maximum Gasteiger partial charge on any atom is 0.240 e. The number of hydrogen-bond acceptors (Lipinski definition) is 2. The number of hydrogen-bond donors (Lipinski definition) is 0. The highest BCUT2D eigenvalue weighted by Crippen LogP contribution is 2.05. The molecule has 0 aromatic carbocycles. The molecule has 1 atom stereocenters. The van der Waals surface area contributed by atoms with Crippen LogP contribution in [0.5, 0.6) is 0 Å². The Morgan fingerprint density at radius 3 is 2.54 bits per heavy atom. The lowest BCUT2D eigenvalue weighted by molar-refractivity contribution is -0.133. The first-order valence-electron chi connectivity index (χ1n) is 4.33. The van der Waals surface area contributed by atoms with Gasteiger partial charge in [0.2, 0.25) is 5.91 Å². The van der Waals surface area contributed by atoms with Crippen LogP contribution in [0.4, 0.5) is 0 Å². The summed E-state index contributed by atoms with van der Waals surface area (Å²) >= 11 is 0. The lowest BCUT2D eigenvalue weighted by Gasteiger charge is -2.19. The van der Waals surface area contributed by atoms with Gasteiger partial charge in [-0.1, -0.05) is 12.8 Å². The topological polar surface area (TPSA) is 44.1 Å². The van der Waals surface area contributed by atoms with Gasteiger partial charge in [-0.2, -0.15) is 5.26 Å². The molecule has 0 radical (unpaired) electrons. The summed E-state index contributed by atoms with van der Waals surface area (Å²) in [7, 11) is 0. The second-order valence-corrected chi connectivity index (χ2v) is 2.65. The van der Waals surface area contributed by atoms with E-state index in [4.69, 9.17) is 11.7 Å². The Labute approximate surface area is 79.3 Å². The summed E-state index contributed by atoms with van der Waals surface area (Å²) in [5, 5.41) is 8.66. The van der Waals surface area contributed by atoms with Crippen LogP contribution in [0.2, 0.25) is 0 Å². The molecule has 0 aliphatic rings. The van der Waals surface area contributed by atoms with Crippen LogP contribution in [-0.4, -0.2) is 23.9 Å². The number of rotatable bonds is 4. The van der Waals surface area contributed by atoms with Gasteiger partial charge in [0, 0.05) is 6.54 Å². The molecule has 0 aromatic rings. The van der Waals surface area contributed by atoms with Gasteiger partial charge in [0.1, 0.15) is 5.92 Å². The Kier molecular flexibility index (Phi) is 5.39. The third kappa shape index (κ3) is 3.17. The van der Waals surface area contributed by atoms with Gasteiger partial charge in [0.15, 0.2) is 0 Å². The fourth-order valence-electron chi connectivity index (χ4n) is 0.997. The molecular weight excluding hydrogens is 164 g/mol. The summed E-state index contributed by atoms with van der Waals surface area (Å²) < 4.78 is 0. The van der Waals surface area contributed by atoms with Gasteiger partial charge >= 0.3 is 0 Å². The molecule has 0 bridgehead atoms. The molecule has 0 saturated heterocycles. The highest BCUT2D eigenvalue weighted by atomic mass is 16.2. The van der Waals surface area contributed by atoms with Crippen LogP contribution in [0.25, 0.3) is 0 Å². The standard InChI is InChI=1S/C10H14N2O/c1-4-7-12(6-3)10(13)9(5-2)8-11/h1,9H,5-7H2,2-3H3. The molecule has 1 unspecified atom stereocenters. The first-order chi connectivity index (χ1) is 6.21. The maximum absolute atomic E-state index is 11.5. The van der Waals surface area contributed by atoms with E-state index in [2.05, 4.69) is 5.92 Å². The molecule has 0 aliphatic carbocycles. The molecule has 13 heavy (non-hydrogen) atoms. The molecule has 0 rings (SSSR count). The smallest absolute Gasteiger partial charge is 0.240 e.